The van der Waals surface area contributed by atoms with E-state index < -0.39 is 0 Å². The largest absolute Gasteiger partial charge is 0.396 e. The van der Waals surface area contributed by atoms with Gasteiger partial charge in [0.05, 0.1) is 0 Å². The molecule has 1 aromatic carbocycles. The van der Waals surface area contributed by atoms with E-state index in [4.69, 9.17) is 0 Å². The molecule has 0 aliphatic carbocycles. The second-order valence-corrected chi connectivity index (χ2v) is 6.25. The van der Waals surface area contributed by atoms with Crippen LogP contribution in [0.5, 0.6) is 0 Å². The van der Waals surface area contributed by atoms with E-state index in [1.165, 1.54) is 5.56 Å². The van der Waals surface area contributed by atoms with Gasteiger partial charge in [0, 0.05) is 47.8 Å². The van der Waals surface area contributed by atoms with Gasteiger partial charge in [-0.2, -0.15) is 0 Å². The molecule has 1 aliphatic heterocycles. The fourth-order valence-electron chi connectivity index (χ4n) is 2.42. The molecule has 5 heteroatoms. The van der Waals surface area contributed by atoms with Crippen molar-refractivity contribution < 1.29 is 5.11 Å². The van der Waals surface area contributed by atoms with Gasteiger partial charge in [-0.3, -0.25) is 4.90 Å². The van der Waals surface area contributed by atoms with Crippen LogP contribution >= 0.6 is 31.9 Å². The van der Waals surface area contributed by atoms with Crippen molar-refractivity contribution >= 4 is 31.9 Å². The van der Waals surface area contributed by atoms with Gasteiger partial charge in [-0.25, -0.2) is 0 Å². The molecule has 0 unspecified atom stereocenters. The van der Waals surface area contributed by atoms with Crippen molar-refractivity contribution in [1.29, 1.82) is 0 Å². The highest BCUT2D eigenvalue weighted by Gasteiger charge is 2.23. The zero-order valence-electron chi connectivity index (χ0n) is 10.2. The summed E-state index contributed by atoms with van der Waals surface area (Å²) in [5.41, 5.74) is 1.25. The van der Waals surface area contributed by atoms with E-state index in [0.29, 0.717) is 0 Å². The maximum absolute atomic E-state index is 9.32. The standard InChI is InChI=1S/C13H18Br2N2O/c14-10-1-2-12(15)11(9-10)13(3-8-18)17-6-4-16-5-7-17/h1-2,9,13,16,18H,3-8H2/t13-/m0/s1. The van der Waals surface area contributed by atoms with E-state index in [1.54, 1.807) is 0 Å². The number of nitrogens with one attached hydrogen (secondary N) is 1. The van der Waals surface area contributed by atoms with Crippen molar-refractivity contribution in [3.05, 3.63) is 32.7 Å². The third-order valence-corrected chi connectivity index (χ3v) is 4.53. The Morgan fingerprint density at radius 2 is 2.00 bits per heavy atom. The number of piperazine rings is 1. The van der Waals surface area contributed by atoms with Gasteiger partial charge in [-0.15, -0.1) is 0 Å². The predicted octanol–water partition coefficient (Wildman–Crippen LogP) is 2.54. The lowest BCUT2D eigenvalue weighted by Gasteiger charge is -2.35. The van der Waals surface area contributed by atoms with Crippen LogP contribution in [0, 0.1) is 0 Å². The molecular formula is C13H18Br2N2O. The summed E-state index contributed by atoms with van der Waals surface area (Å²) in [6.45, 7) is 4.32. The summed E-state index contributed by atoms with van der Waals surface area (Å²) in [6, 6.07) is 6.52. The maximum atomic E-state index is 9.32. The summed E-state index contributed by atoms with van der Waals surface area (Å²) in [5, 5.41) is 12.7. The van der Waals surface area contributed by atoms with Crippen LogP contribution in [0.4, 0.5) is 0 Å². The molecule has 1 fully saturated rings. The van der Waals surface area contributed by atoms with Crippen molar-refractivity contribution in [3.8, 4) is 0 Å². The van der Waals surface area contributed by atoms with Gasteiger partial charge in [-0.05, 0) is 30.2 Å². The van der Waals surface area contributed by atoms with Gasteiger partial charge in [0.15, 0.2) is 0 Å². The Labute approximate surface area is 125 Å². The van der Waals surface area contributed by atoms with Crippen LogP contribution in [0.2, 0.25) is 0 Å². The summed E-state index contributed by atoms with van der Waals surface area (Å²) < 4.78 is 2.20. The predicted molar refractivity (Wildman–Crippen MR) is 80.7 cm³/mol. The zero-order chi connectivity index (χ0) is 13.0. The number of hydrogen-bond acceptors (Lipinski definition) is 3. The van der Waals surface area contributed by atoms with Crippen molar-refractivity contribution in [2.24, 2.45) is 0 Å². The molecule has 3 nitrogen and oxygen atoms in total. The number of benzene rings is 1. The molecule has 100 valence electrons. The van der Waals surface area contributed by atoms with Gasteiger partial charge < -0.3 is 10.4 Å². The molecule has 0 saturated carbocycles. The summed E-state index contributed by atoms with van der Waals surface area (Å²) in [6.07, 6.45) is 0.773. The van der Waals surface area contributed by atoms with Crippen LogP contribution < -0.4 is 5.32 Å². The van der Waals surface area contributed by atoms with Crippen LogP contribution in [-0.4, -0.2) is 42.8 Å². The van der Waals surface area contributed by atoms with E-state index in [9.17, 15) is 5.11 Å². The summed E-state index contributed by atoms with van der Waals surface area (Å²) in [5.74, 6) is 0. The Bertz CT molecular complexity index is 395. The van der Waals surface area contributed by atoms with Crippen LogP contribution in [0.1, 0.15) is 18.0 Å². The molecule has 1 aromatic rings. The highest BCUT2D eigenvalue weighted by molar-refractivity contribution is 9.11. The number of aliphatic hydroxyl groups is 1. The molecule has 0 radical (unpaired) electrons. The summed E-state index contributed by atoms with van der Waals surface area (Å²) >= 11 is 7.15. The van der Waals surface area contributed by atoms with Gasteiger partial charge in [0.25, 0.3) is 0 Å². The first kappa shape index (κ1) is 14.5. The molecule has 0 spiro atoms. The van der Waals surface area contributed by atoms with Crippen LogP contribution in [0.25, 0.3) is 0 Å². The number of rotatable bonds is 4. The minimum atomic E-state index is 0.216. The van der Waals surface area contributed by atoms with Crippen molar-refractivity contribution in [2.45, 2.75) is 12.5 Å². The van der Waals surface area contributed by atoms with Gasteiger partial charge in [-0.1, -0.05) is 31.9 Å². The Morgan fingerprint density at radius 1 is 1.28 bits per heavy atom. The summed E-state index contributed by atoms with van der Waals surface area (Å²) in [4.78, 5) is 2.44. The average molecular weight is 378 g/mol. The molecule has 0 amide bonds. The molecule has 1 saturated heterocycles. The van der Waals surface area contributed by atoms with Crippen LogP contribution in [-0.2, 0) is 0 Å². The number of hydrogen-bond donors (Lipinski definition) is 2. The van der Waals surface area contributed by atoms with E-state index in [0.717, 1.165) is 41.5 Å². The van der Waals surface area contributed by atoms with Crippen molar-refractivity contribution in [3.63, 3.8) is 0 Å². The first-order valence-electron chi connectivity index (χ1n) is 6.23. The fourth-order valence-corrected chi connectivity index (χ4v) is 3.31. The topological polar surface area (TPSA) is 35.5 Å². The Kier molecular flexibility index (Phi) is 5.63. The van der Waals surface area contributed by atoms with E-state index >= 15 is 0 Å². The van der Waals surface area contributed by atoms with Gasteiger partial charge in [0.1, 0.15) is 0 Å². The highest BCUT2D eigenvalue weighted by Crippen LogP contribution is 2.32. The average Bonchev–Trinajstić information content (AvgIpc) is 2.40. The third kappa shape index (κ3) is 3.54. The minimum Gasteiger partial charge on any atom is -0.396 e. The van der Waals surface area contributed by atoms with E-state index in [-0.39, 0.29) is 12.6 Å². The molecular weight excluding hydrogens is 360 g/mol. The number of halogens is 2. The van der Waals surface area contributed by atoms with Crippen LogP contribution in [0.15, 0.2) is 27.1 Å². The Hall–Kier alpha value is 0.0600. The molecule has 18 heavy (non-hydrogen) atoms. The number of nitrogens with zero attached hydrogens (tertiary/aromatic N) is 1. The molecule has 1 aliphatic rings. The summed E-state index contributed by atoms with van der Waals surface area (Å²) in [7, 11) is 0. The Balaban J connectivity index is 2.24. The Morgan fingerprint density at radius 3 is 2.67 bits per heavy atom. The number of aliphatic hydroxyl groups excluding tert-OH is 1. The third-order valence-electron chi connectivity index (χ3n) is 3.31. The minimum absolute atomic E-state index is 0.216. The molecule has 2 N–H and O–H groups in total. The second-order valence-electron chi connectivity index (χ2n) is 4.48. The first-order valence-corrected chi connectivity index (χ1v) is 7.81. The molecule has 0 bridgehead atoms. The molecule has 1 heterocycles. The maximum Gasteiger partial charge on any atom is 0.0449 e. The second kappa shape index (κ2) is 7.01. The van der Waals surface area contributed by atoms with E-state index in [2.05, 4.69) is 54.2 Å². The highest BCUT2D eigenvalue weighted by atomic mass is 79.9. The monoisotopic (exact) mass is 376 g/mol. The van der Waals surface area contributed by atoms with Gasteiger partial charge >= 0.3 is 0 Å². The molecule has 2 rings (SSSR count). The zero-order valence-corrected chi connectivity index (χ0v) is 13.4. The van der Waals surface area contributed by atoms with Crippen molar-refractivity contribution in [1.82, 2.24) is 10.2 Å². The molecule has 1 atom stereocenters. The first-order chi connectivity index (χ1) is 8.72. The van der Waals surface area contributed by atoms with Gasteiger partial charge in [0.2, 0.25) is 0 Å². The lowest BCUT2D eigenvalue weighted by molar-refractivity contribution is 0.140. The fraction of sp³-hybridized carbons (Fsp3) is 0.538. The van der Waals surface area contributed by atoms with E-state index in [1.807, 2.05) is 6.07 Å². The van der Waals surface area contributed by atoms with Crippen molar-refractivity contribution in [2.75, 3.05) is 32.8 Å². The SMILES string of the molecule is OCC[C@@H](c1cc(Br)ccc1Br)N1CCNCC1. The lowest BCUT2D eigenvalue weighted by Crippen LogP contribution is -2.45. The smallest absolute Gasteiger partial charge is 0.0449 e. The quantitative estimate of drug-likeness (QED) is 0.846. The normalized spacial score (nSPS) is 18.8. The van der Waals surface area contributed by atoms with Crippen LogP contribution in [0.3, 0.4) is 0 Å². The molecule has 0 aromatic heterocycles. The lowest BCUT2D eigenvalue weighted by atomic mass is 10.0.